The van der Waals surface area contributed by atoms with Crippen LogP contribution in [0.25, 0.3) is 0 Å². The van der Waals surface area contributed by atoms with Crippen molar-refractivity contribution in [2.45, 2.75) is 31.3 Å². The molecule has 1 aliphatic rings. The Bertz CT molecular complexity index is 859. The van der Waals surface area contributed by atoms with Gasteiger partial charge in [-0.1, -0.05) is 59.6 Å². The van der Waals surface area contributed by atoms with E-state index in [1.807, 2.05) is 23.5 Å². The van der Waals surface area contributed by atoms with Gasteiger partial charge in [0.15, 0.2) is 0 Å². The monoisotopic (exact) mass is 387 g/mol. The van der Waals surface area contributed by atoms with Gasteiger partial charge in [0.2, 0.25) is 0 Å². The third-order valence-electron chi connectivity index (χ3n) is 4.90. The van der Waals surface area contributed by atoms with Gasteiger partial charge in [0.25, 0.3) is 0 Å². The Morgan fingerprint density at radius 1 is 0.960 bits per heavy atom. The Kier molecular flexibility index (Phi) is 5.14. The number of halogens is 2. The lowest BCUT2D eigenvalue weighted by molar-refractivity contribution is 0.444. The number of rotatable bonds is 4. The molecule has 0 spiro atoms. The molecule has 0 fully saturated rings. The number of thiophene rings is 1. The van der Waals surface area contributed by atoms with Crippen molar-refractivity contribution >= 4 is 34.5 Å². The Labute approximate surface area is 162 Å². The van der Waals surface area contributed by atoms with Crippen LogP contribution in [0, 0.1) is 0 Å². The summed E-state index contributed by atoms with van der Waals surface area (Å²) in [5, 5.41) is 7.20. The lowest BCUT2D eigenvalue weighted by atomic mass is 9.82. The molecule has 4 heteroatoms. The highest BCUT2D eigenvalue weighted by Gasteiger charge is 2.29. The van der Waals surface area contributed by atoms with Gasteiger partial charge in [-0.15, -0.1) is 11.3 Å². The molecule has 2 unspecified atom stereocenters. The number of benzene rings is 2. The summed E-state index contributed by atoms with van der Waals surface area (Å²) in [6, 6.07) is 19.3. The summed E-state index contributed by atoms with van der Waals surface area (Å²) in [6.45, 7) is 0.901. The molecule has 1 aromatic heterocycles. The molecule has 0 bridgehead atoms. The fourth-order valence-electron chi connectivity index (χ4n) is 3.62. The van der Waals surface area contributed by atoms with E-state index in [9.17, 15) is 0 Å². The zero-order chi connectivity index (χ0) is 17.2. The first-order chi connectivity index (χ1) is 12.2. The largest absolute Gasteiger partial charge is 0.306 e. The van der Waals surface area contributed by atoms with Crippen molar-refractivity contribution in [2.24, 2.45) is 0 Å². The highest BCUT2D eigenvalue weighted by molar-refractivity contribution is 7.10. The molecule has 25 heavy (non-hydrogen) atoms. The Morgan fingerprint density at radius 2 is 1.80 bits per heavy atom. The topological polar surface area (TPSA) is 12.0 Å². The predicted molar refractivity (Wildman–Crippen MR) is 108 cm³/mol. The Balaban J connectivity index is 1.55. The van der Waals surface area contributed by atoms with E-state index in [1.54, 1.807) is 0 Å². The van der Waals surface area contributed by atoms with Gasteiger partial charge in [-0.25, -0.2) is 0 Å². The van der Waals surface area contributed by atoms with Crippen LogP contribution in [0.1, 0.15) is 46.4 Å². The summed E-state index contributed by atoms with van der Waals surface area (Å²) in [4.78, 5) is 1.45. The molecular formula is C21H19Cl2NS. The summed E-state index contributed by atoms with van der Waals surface area (Å²) in [7, 11) is 0. The minimum Gasteiger partial charge on any atom is -0.306 e. The molecule has 1 N–H and O–H groups in total. The molecular weight excluding hydrogens is 369 g/mol. The molecule has 4 rings (SSSR count). The molecule has 0 saturated heterocycles. The maximum absolute atomic E-state index is 6.24. The fraction of sp³-hybridized carbons (Fsp3) is 0.238. The highest BCUT2D eigenvalue weighted by atomic mass is 35.5. The van der Waals surface area contributed by atoms with E-state index < -0.39 is 0 Å². The van der Waals surface area contributed by atoms with E-state index in [0.717, 1.165) is 19.4 Å². The van der Waals surface area contributed by atoms with Gasteiger partial charge in [0.05, 0.1) is 10.0 Å². The zero-order valence-electron chi connectivity index (χ0n) is 13.7. The van der Waals surface area contributed by atoms with Crippen LogP contribution >= 0.6 is 34.5 Å². The van der Waals surface area contributed by atoms with E-state index >= 15 is 0 Å². The molecule has 1 nitrogen and oxygen atoms in total. The van der Waals surface area contributed by atoms with Crippen molar-refractivity contribution in [2.75, 3.05) is 0 Å². The van der Waals surface area contributed by atoms with Crippen LogP contribution in [0.4, 0.5) is 0 Å². The van der Waals surface area contributed by atoms with Gasteiger partial charge in [-0.2, -0.15) is 0 Å². The van der Waals surface area contributed by atoms with Gasteiger partial charge in [0.1, 0.15) is 0 Å². The molecule has 0 aliphatic heterocycles. The maximum atomic E-state index is 6.24. The second-order valence-corrected chi connectivity index (χ2v) is 8.22. The molecule has 0 amide bonds. The summed E-state index contributed by atoms with van der Waals surface area (Å²) < 4.78 is 0. The minimum atomic E-state index is 0.416. The SMILES string of the molecule is Clc1ccc(C2CCC(NCc3ccccc3)c3ccsc32)cc1Cl. The molecule has 2 atom stereocenters. The number of hydrogen-bond donors (Lipinski definition) is 1. The number of hydrogen-bond acceptors (Lipinski definition) is 2. The Morgan fingerprint density at radius 3 is 2.60 bits per heavy atom. The first kappa shape index (κ1) is 17.1. The second kappa shape index (κ2) is 7.51. The lowest BCUT2D eigenvalue weighted by Crippen LogP contribution is -2.25. The maximum Gasteiger partial charge on any atom is 0.0595 e. The molecule has 0 saturated carbocycles. The van der Waals surface area contributed by atoms with Crippen molar-refractivity contribution in [1.29, 1.82) is 0 Å². The van der Waals surface area contributed by atoms with E-state index in [4.69, 9.17) is 23.2 Å². The predicted octanol–water partition coefficient (Wildman–Crippen LogP) is 6.81. The van der Waals surface area contributed by atoms with Crippen molar-refractivity contribution in [3.63, 3.8) is 0 Å². The standard InChI is InChI=1S/C21H19Cl2NS/c22-18-8-6-15(12-19(18)23)16-7-9-20(17-10-11-25-21(16)17)24-13-14-4-2-1-3-5-14/h1-6,8,10-12,16,20,24H,7,9,13H2. The van der Waals surface area contributed by atoms with Crippen LogP contribution in [0.3, 0.4) is 0 Å². The fourth-order valence-corrected chi connectivity index (χ4v) is 5.05. The van der Waals surface area contributed by atoms with Crippen LogP contribution in [0.2, 0.25) is 10.0 Å². The molecule has 3 aromatic rings. The number of fused-ring (bicyclic) bond motifs is 1. The summed E-state index contributed by atoms with van der Waals surface area (Å²) in [5.74, 6) is 0.416. The van der Waals surface area contributed by atoms with Crippen molar-refractivity contribution in [1.82, 2.24) is 5.32 Å². The quantitative estimate of drug-likeness (QED) is 0.518. The average molecular weight is 388 g/mol. The van der Waals surface area contributed by atoms with E-state index in [2.05, 4.69) is 53.2 Å². The summed E-state index contributed by atoms with van der Waals surface area (Å²) in [6.07, 6.45) is 2.25. The van der Waals surface area contributed by atoms with Crippen LogP contribution in [0.15, 0.2) is 60.0 Å². The first-order valence-electron chi connectivity index (χ1n) is 8.52. The normalized spacial score (nSPS) is 19.6. The van der Waals surface area contributed by atoms with Crippen molar-refractivity contribution in [3.05, 3.63) is 91.6 Å². The summed E-state index contributed by atoms with van der Waals surface area (Å²) >= 11 is 14.2. The van der Waals surface area contributed by atoms with Crippen LogP contribution in [-0.2, 0) is 6.54 Å². The smallest absolute Gasteiger partial charge is 0.0595 e. The van der Waals surface area contributed by atoms with Gasteiger partial charge >= 0.3 is 0 Å². The van der Waals surface area contributed by atoms with Crippen LogP contribution in [0.5, 0.6) is 0 Å². The van der Waals surface area contributed by atoms with Gasteiger partial charge in [-0.3, -0.25) is 0 Å². The van der Waals surface area contributed by atoms with E-state index in [-0.39, 0.29) is 0 Å². The van der Waals surface area contributed by atoms with Crippen molar-refractivity contribution < 1.29 is 0 Å². The average Bonchev–Trinajstić information content (AvgIpc) is 3.13. The van der Waals surface area contributed by atoms with Crippen LogP contribution < -0.4 is 5.32 Å². The van der Waals surface area contributed by atoms with E-state index in [0.29, 0.717) is 22.0 Å². The summed E-state index contributed by atoms with van der Waals surface area (Å²) in [5.41, 5.74) is 4.02. The molecule has 2 aromatic carbocycles. The lowest BCUT2D eigenvalue weighted by Gasteiger charge is -2.30. The third kappa shape index (κ3) is 3.63. The number of nitrogens with one attached hydrogen (secondary N) is 1. The van der Waals surface area contributed by atoms with Crippen molar-refractivity contribution in [3.8, 4) is 0 Å². The van der Waals surface area contributed by atoms with Gasteiger partial charge in [0, 0.05) is 23.4 Å². The van der Waals surface area contributed by atoms with E-state index in [1.165, 1.54) is 21.6 Å². The molecule has 0 radical (unpaired) electrons. The second-order valence-electron chi connectivity index (χ2n) is 6.46. The minimum absolute atomic E-state index is 0.416. The molecule has 1 heterocycles. The molecule has 128 valence electrons. The highest BCUT2D eigenvalue weighted by Crippen LogP contribution is 2.45. The Hall–Kier alpha value is -1.32. The zero-order valence-corrected chi connectivity index (χ0v) is 16.0. The van der Waals surface area contributed by atoms with Crippen LogP contribution in [-0.4, -0.2) is 0 Å². The van der Waals surface area contributed by atoms with Gasteiger partial charge in [-0.05, 0) is 53.1 Å². The molecule has 1 aliphatic carbocycles. The van der Waals surface area contributed by atoms with Gasteiger partial charge < -0.3 is 5.32 Å². The third-order valence-corrected chi connectivity index (χ3v) is 6.69. The first-order valence-corrected chi connectivity index (χ1v) is 10.2.